The molecule has 0 spiro atoms. The monoisotopic (exact) mass is 412 g/mol. The number of aromatic nitrogens is 1. The van der Waals surface area contributed by atoms with Crippen molar-refractivity contribution in [2.45, 2.75) is 32.6 Å². The fraction of sp³-hybridized carbons (Fsp3) is 0.385. The fourth-order valence-corrected chi connectivity index (χ4v) is 5.19. The van der Waals surface area contributed by atoms with Gasteiger partial charge in [0.05, 0.1) is 12.1 Å². The number of carbonyl (C=O) groups is 1. The van der Waals surface area contributed by atoms with E-state index in [1.54, 1.807) is 6.07 Å². The molecule has 0 atom stereocenters. The first-order chi connectivity index (χ1) is 14.8. The van der Waals surface area contributed by atoms with E-state index in [4.69, 9.17) is 6.57 Å². The number of hydrogen-bond acceptors (Lipinski definition) is 3. The van der Waals surface area contributed by atoms with Crippen molar-refractivity contribution in [3.05, 3.63) is 69.7 Å². The molecule has 1 aliphatic heterocycles. The summed E-state index contributed by atoms with van der Waals surface area (Å²) in [7, 11) is 2.17. The van der Waals surface area contributed by atoms with Crippen LogP contribution in [-0.4, -0.2) is 48.9 Å². The van der Waals surface area contributed by atoms with Crippen LogP contribution in [0.1, 0.15) is 53.5 Å². The van der Waals surface area contributed by atoms with Crippen LogP contribution in [-0.2, 0) is 11.8 Å². The zero-order valence-corrected chi connectivity index (χ0v) is 18.7. The van der Waals surface area contributed by atoms with Crippen LogP contribution in [0.25, 0.3) is 15.7 Å². The SMILES string of the molecule is [C-]#[N+]c1ccc2c3c([nH]c2c1)C(C)(C)c1cc(N2CCN(C)CC2)c(CC)cc1C3=O. The average molecular weight is 413 g/mol. The van der Waals surface area contributed by atoms with Crippen LogP contribution < -0.4 is 4.90 Å². The molecule has 2 aliphatic rings. The van der Waals surface area contributed by atoms with Gasteiger partial charge in [-0.25, -0.2) is 4.85 Å². The van der Waals surface area contributed by atoms with Gasteiger partial charge in [0.15, 0.2) is 11.5 Å². The minimum absolute atomic E-state index is 0.0887. The number of likely N-dealkylation sites (N-methyl/N-ethyl adjacent to an activating group) is 1. The predicted molar refractivity (Wildman–Crippen MR) is 126 cm³/mol. The van der Waals surface area contributed by atoms with Gasteiger partial charge >= 0.3 is 0 Å². The first-order valence-corrected chi connectivity index (χ1v) is 11.0. The fourth-order valence-electron chi connectivity index (χ4n) is 5.19. The van der Waals surface area contributed by atoms with E-state index in [2.05, 4.69) is 59.6 Å². The summed E-state index contributed by atoms with van der Waals surface area (Å²) in [5.41, 5.74) is 7.26. The van der Waals surface area contributed by atoms with Gasteiger partial charge in [-0.1, -0.05) is 32.9 Å². The van der Waals surface area contributed by atoms with Gasteiger partial charge in [0.1, 0.15) is 0 Å². The average Bonchev–Trinajstić information content (AvgIpc) is 3.17. The maximum atomic E-state index is 13.7. The third-order valence-corrected chi connectivity index (χ3v) is 7.12. The molecule has 5 nitrogen and oxygen atoms in total. The van der Waals surface area contributed by atoms with Gasteiger partial charge in [-0.15, -0.1) is 0 Å². The van der Waals surface area contributed by atoms with Gasteiger partial charge in [0.25, 0.3) is 0 Å². The summed E-state index contributed by atoms with van der Waals surface area (Å²) >= 11 is 0. The van der Waals surface area contributed by atoms with Crippen LogP contribution in [0.15, 0.2) is 30.3 Å². The van der Waals surface area contributed by atoms with Crippen LogP contribution in [0, 0.1) is 6.57 Å². The lowest BCUT2D eigenvalue weighted by Gasteiger charge is -2.38. The Morgan fingerprint density at radius 1 is 1.13 bits per heavy atom. The topological polar surface area (TPSA) is 43.7 Å². The molecule has 1 saturated heterocycles. The van der Waals surface area contributed by atoms with Gasteiger partial charge in [-0.2, -0.15) is 0 Å². The molecule has 0 bridgehead atoms. The lowest BCUT2D eigenvalue weighted by molar-refractivity contribution is 0.103. The van der Waals surface area contributed by atoms with Crippen molar-refractivity contribution < 1.29 is 4.79 Å². The Morgan fingerprint density at radius 3 is 2.55 bits per heavy atom. The largest absolute Gasteiger partial charge is 0.369 e. The molecule has 0 saturated carbocycles. The highest BCUT2D eigenvalue weighted by Crippen LogP contribution is 2.46. The summed E-state index contributed by atoms with van der Waals surface area (Å²) in [4.78, 5) is 25.6. The molecule has 1 fully saturated rings. The van der Waals surface area contributed by atoms with Crippen molar-refractivity contribution in [3.8, 4) is 0 Å². The molecule has 5 heteroatoms. The number of piperazine rings is 1. The van der Waals surface area contributed by atoms with Crippen molar-refractivity contribution in [2.75, 3.05) is 38.1 Å². The predicted octanol–water partition coefficient (Wildman–Crippen LogP) is 4.90. The minimum atomic E-state index is -0.330. The Labute approximate surface area is 183 Å². The molecule has 2 heterocycles. The summed E-state index contributed by atoms with van der Waals surface area (Å²) < 4.78 is 0. The number of fused-ring (bicyclic) bond motifs is 4. The molecule has 0 unspecified atom stereocenters. The highest BCUT2D eigenvalue weighted by Gasteiger charge is 2.40. The Morgan fingerprint density at radius 2 is 1.87 bits per heavy atom. The number of rotatable bonds is 2. The second-order valence-corrected chi connectivity index (χ2v) is 9.34. The molecule has 1 aromatic heterocycles. The quantitative estimate of drug-likeness (QED) is 0.609. The van der Waals surface area contributed by atoms with E-state index in [1.165, 1.54) is 11.3 Å². The number of hydrogen-bond donors (Lipinski definition) is 1. The molecule has 0 radical (unpaired) electrons. The highest BCUT2D eigenvalue weighted by molar-refractivity contribution is 6.20. The molecule has 158 valence electrons. The van der Waals surface area contributed by atoms with E-state index in [1.807, 2.05) is 12.1 Å². The number of H-pyrrole nitrogens is 1. The lowest BCUT2D eigenvalue weighted by atomic mass is 9.70. The molecular weight excluding hydrogens is 384 g/mol. The minimum Gasteiger partial charge on any atom is -0.369 e. The second-order valence-electron chi connectivity index (χ2n) is 9.34. The third-order valence-electron chi connectivity index (χ3n) is 7.12. The standard InChI is InChI=1S/C26H28N4O/c1-6-16-13-19-20(15-22(16)30-11-9-29(5)10-12-30)26(2,3)25-23(24(19)31)18-8-7-17(27-4)14-21(18)28-25/h7-8,13-15,28H,6,9-12H2,1-3,5H3. The highest BCUT2D eigenvalue weighted by atomic mass is 16.1. The second kappa shape index (κ2) is 6.96. The summed E-state index contributed by atoms with van der Waals surface area (Å²) in [6.45, 7) is 18.0. The number of anilines is 1. The van der Waals surface area contributed by atoms with Crippen molar-refractivity contribution >= 4 is 28.1 Å². The maximum Gasteiger partial charge on any atom is 0.195 e. The third kappa shape index (κ3) is 2.90. The van der Waals surface area contributed by atoms with Crippen molar-refractivity contribution in [1.29, 1.82) is 0 Å². The number of aryl methyl sites for hydroxylation is 1. The van der Waals surface area contributed by atoms with E-state index < -0.39 is 0 Å². The van der Waals surface area contributed by atoms with Gasteiger partial charge < -0.3 is 14.8 Å². The first kappa shape index (κ1) is 19.8. The summed E-state index contributed by atoms with van der Waals surface area (Å²) in [5, 5.41) is 0.910. The molecule has 2 aromatic carbocycles. The van der Waals surface area contributed by atoms with Crippen LogP contribution in [0.4, 0.5) is 11.4 Å². The zero-order chi connectivity index (χ0) is 21.9. The van der Waals surface area contributed by atoms with Crippen LogP contribution in [0.2, 0.25) is 0 Å². The summed E-state index contributed by atoms with van der Waals surface area (Å²) in [5.74, 6) is 0.0887. The molecule has 5 rings (SSSR count). The molecule has 0 amide bonds. The molecule has 1 aliphatic carbocycles. The van der Waals surface area contributed by atoms with E-state index in [9.17, 15) is 4.79 Å². The van der Waals surface area contributed by atoms with Crippen molar-refractivity contribution in [1.82, 2.24) is 9.88 Å². The van der Waals surface area contributed by atoms with Gasteiger partial charge in [-0.05, 0) is 42.8 Å². The van der Waals surface area contributed by atoms with Gasteiger partial charge in [0, 0.05) is 59.4 Å². The molecule has 31 heavy (non-hydrogen) atoms. The Bertz CT molecular complexity index is 1250. The van der Waals surface area contributed by atoms with Crippen LogP contribution in [0.5, 0.6) is 0 Å². The number of nitrogens with one attached hydrogen (secondary N) is 1. The lowest BCUT2D eigenvalue weighted by Crippen LogP contribution is -2.45. The van der Waals surface area contributed by atoms with Gasteiger partial charge in [-0.3, -0.25) is 4.79 Å². The number of carbonyl (C=O) groups excluding carboxylic acids is 1. The summed E-state index contributed by atoms with van der Waals surface area (Å²) in [6, 6.07) is 9.98. The molecule has 1 N–H and O–H groups in total. The normalized spacial score (nSPS) is 18.0. The Kier molecular flexibility index (Phi) is 4.46. The Balaban J connectivity index is 1.70. The molecular formula is C26H28N4O. The van der Waals surface area contributed by atoms with Crippen LogP contribution >= 0.6 is 0 Å². The first-order valence-electron chi connectivity index (χ1n) is 11.0. The number of nitrogens with zero attached hydrogens (tertiary/aromatic N) is 3. The van der Waals surface area contributed by atoms with E-state index in [0.29, 0.717) is 5.69 Å². The van der Waals surface area contributed by atoms with Gasteiger partial charge in [0.2, 0.25) is 0 Å². The van der Waals surface area contributed by atoms with E-state index in [0.717, 1.165) is 65.9 Å². The van der Waals surface area contributed by atoms with E-state index in [-0.39, 0.29) is 11.2 Å². The maximum absolute atomic E-state index is 13.7. The molecule has 3 aromatic rings. The zero-order valence-electron chi connectivity index (χ0n) is 18.7. The number of aromatic amines is 1. The number of ketones is 1. The smallest absolute Gasteiger partial charge is 0.195 e. The van der Waals surface area contributed by atoms with E-state index >= 15 is 0 Å². The summed E-state index contributed by atoms with van der Waals surface area (Å²) in [6.07, 6.45) is 0.901. The van der Waals surface area contributed by atoms with Crippen molar-refractivity contribution in [2.24, 2.45) is 0 Å². The van der Waals surface area contributed by atoms with Crippen molar-refractivity contribution in [3.63, 3.8) is 0 Å². The Hall–Kier alpha value is -3.10. The van der Waals surface area contributed by atoms with Crippen LogP contribution in [0.3, 0.4) is 0 Å². The number of benzene rings is 2.